The van der Waals surface area contributed by atoms with Crippen LogP contribution in [0.5, 0.6) is 0 Å². The highest BCUT2D eigenvalue weighted by molar-refractivity contribution is 5.79. The van der Waals surface area contributed by atoms with Gasteiger partial charge in [-0.3, -0.25) is 4.79 Å². The lowest BCUT2D eigenvalue weighted by Crippen LogP contribution is -2.65. The van der Waals surface area contributed by atoms with Crippen LogP contribution in [-0.2, 0) is 4.79 Å². The number of aliphatic hydroxyl groups is 2. The topological polar surface area (TPSA) is 98.8 Å². The molecule has 5 aliphatic rings. The molecule has 130 valence electrons. The van der Waals surface area contributed by atoms with E-state index < -0.39 is 11.8 Å². The van der Waals surface area contributed by atoms with Gasteiger partial charge in [-0.05, 0) is 63.2 Å². The van der Waals surface area contributed by atoms with Gasteiger partial charge in [0.1, 0.15) is 6.23 Å². The largest absolute Gasteiger partial charge is 0.390 e. The Kier molecular flexibility index (Phi) is 3.72. The Balaban J connectivity index is 1.40. The average molecular weight is 323 g/mol. The maximum Gasteiger partial charge on any atom is 0.236 e. The third-order valence-electron chi connectivity index (χ3n) is 6.66. The summed E-state index contributed by atoms with van der Waals surface area (Å²) in [6.07, 6.45) is 6.79. The van der Waals surface area contributed by atoms with E-state index in [1.165, 1.54) is 6.42 Å². The number of nitrogens with one attached hydrogen (secondary N) is 1. The van der Waals surface area contributed by atoms with Gasteiger partial charge in [-0.2, -0.15) is 0 Å². The van der Waals surface area contributed by atoms with Crippen LogP contribution < -0.4 is 11.1 Å². The van der Waals surface area contributed by atoms with Crippen molar-refractivity contribution >= 4 is 5.91 Å². The van der Waals surface area contributed by atoms with Crippen LogP contribution in [-0.4, -0.2) is 57.5 Å². The smallest absolute Gasteiger partial charge is 0.236 e. The van der Waals surface area contributed by atoms with E-state index in [9.17, 15) is 15.0 Å². The fourth-order valence-electron chi connectivity index (χ4n) is 6.24. The first kappa shape index (κ1) is 15.8. The predicted molar refractivity (Wildman–Crippen MR) is 85.3 cm³/mol. The summed E-state index contributed by atoms with van der Waals surface area (Å²) >= 11 is 0. The summed E-state index contributed by atoms with van der Waals surface area (Å²) in [5, 5.41) is 23.9. The van der Waals surface area contributed by atoms with Crippen LogP contribution in [0.15, 0.2) is 0 Å². The number of carbonyl (C=O) groups is 1. The van der Waals surface area contributed by atoms with E-state index in [1.807, 2.05) is 0 Å². The van der Waals surface area contributed by atoms with Crippen LogP contribution in [0, 0.1) is 11.8 Å². The Hall–Kier alpha value is -0.690. The summed E-state index contributed by atoms with van der Waals surface area (Å²) in [5.41, 5.74) is 5.02. The van der Waals surface area contributed by atoms with Crippen molar-refractivity contribution in [3.8, 4) is 0 Å². The van der Waals surface area contributed by atoms with E-state index in [1.54, 1.807) is 4.90 Å². The van der Waals surface area contributed by atoms with Gasteiger partial charge in [-0.15, -0.1) is 0 Å². The number of nitrogens with two attached hydrogens (primary N) is 1. The van der Waals surface area contributed by atoms with Crippen LogP contribution >= 0.6 is 0 Å². The van der Waals surface area contributed by atoms with E-state index >= 15 is 0 Å². The fraction of sp³-hybridized carbons (Fsp3) is 0.941. The van der Waals surface area contributed by atoms with Crippen LogP contribution in [0.25, 0.3) is 0 Å². The number of rotatable bonds is 4. The van der Waals surface area contributed by atoms with Crippen LogP contribution in [0.4, 0.5) is 0 Å². The second-order valence-corrected chi connectivity index (χ2v) is 8.61. The molecule has 5 rings (SSSR count). The molecule has 1 saturated heterocycles. The van der Waals surface area contributed by atoms with Crippen molar-refractivity contribution < 1.29 is 15.0 Å². The quantitative estimate of drug-likeness (QED) is 0.543. The fourth-order valence-corrected chi connectivity index (χ4v) is 6.24. The molecule has 4 saturated carbocycles. The zero-order chi connectivity index (χ0) is 16.2. The highest BCUT2D eigenvalue weighted by Gasteiger charge is 2.57. The molecule has 4 bridgehead atoms. The van der Waals surface area contributed by atoms with Gasteiger partial charge in [-0.25, -0.2) is 0 Å². The maximum absolute atomic E-state index is 12.6. The number of hydrogen-bond acceptors (Lipinski definition) is 5. The first-order valence-corrected chi connectivity index (χ1v) is 9.09. The second kappa shape index (κ2) is 5.41. The molecule has 0 radical (unpaired) electrons. The zero-order valence-corrected chi connectivity index (χ0v) is 13.7. The van der Waals surface area contributed by atoms with Gasteiger partial charge < -0.3 is 26.2 Å². The van der Waals surface area contributed by atoms with Gasteiger partial charge in [0.25, 0.3) is 0 Å². The molecule has 0 aromatic heterocycles. The number of amides is 1. The molecule has 5 N–H and O–H groups in total. The van der Waals surface area contributed by atoms with E-state index in [0.717, 1.165) is 44.9 Å². The molecular weight excluding hydrogens is 294 g/mol. The van der Waals surface area contributed by atoms with Crippen molar-refractivity contribution in [2.75, 3.05) is 13.1 Å². The summed E-state index contributed by atoms with van der Waals surface area (Å²) in [7, 11) is 0. The molecule has 5 fully saturated rings. The number of aliphatic hydroxyl groups excluding tert-OH is 1. The Morgan fingerprint density at radius 2 is 2.00 bits per heavy atom. The highest BCUT2D eigenvalue weighted by atomic mass is 16.3. The number of carbonyl (C=O) groups excluding carboxylic acids is 1. The lowest BCUT2D eigenvalue weighted by atomic mass is 9.51. The first-order chi connectivity index (χ1) is 10.9. The Morgan fingerprint density at radius 3 is 2.61 bits per heavy atom. The normalized spacial score (nSPS) is 46.4. The molecule has 1 heterocycles. The third-order valence-corrected chi connectivity index (χ3v) is 6.66. The van der Waals surface area contributed by atoms with Gasteiger partial charge in [0.15, 0.2) is 0 Å². The van der Waals surface area contributed by atoms with Crippen LogP contribution in [0.2, 0.25) is 0 Å². The van der Waals surface area contributed by atoms with Crippen molar-refractivity contribution in [2.24, 2.45) is 17.6 Å². The molecule has 6 nitrogen and oxygen atoms in total. The van der Waals surface area contributed by atoms with E-state index in [-0.39, 0.29) is 17.5 Å². The Morgan fingerprint density at radius 1 is 1.30 bits per heavy atom. The first-order valence-electron chi connectivity index (χ1n) is 9.09. The minimum absolute atomic E-state index is 0.0275. The summed E-state index contributed by atoms with van der Waals surface area (Å²) in [6, 6.07) is -0.246. The van der Waals surface area contributed by atoms with Crippen molar-refractivity contribution in [1.29, 1.82) is 0 Å². The minimum atomic E-state index is -0.957. The highest BCUT2D eigenvalue weighted by Crippen LogP contribution is 2.57. The van der Waals surface area contributed by atoms with E-state index in [4.69, 9.17) is 5.73 Å². The zero-order valence-electron chi connectivity index (χ0n) is 13.7. The van der Waals surface area contributed by atoms with Crippen molar-refractivity contribution in [3.05, 3.63) is 0 Å². The summed E-state index contributed by atoms with van der Waals surface area (Å²) in [5.74, 6) is 1.24. The summed E-state index contributed by atoms with van der Waals surface area (Å²) in [4.78, 5) is 14.3. The van der Waals surface area contributed by atoms with Crippen LogP contribution in [0.3, 0.4) is 0 Å². The second-order valence-electron chi connectivity index (χ2n) is 8.61. The molecule has 6 heteroatoms. The summed E-state index contributed by atoms with van der Waals surface area (Å²) < 4.78 is 0. The van der Waals surface area contributed by atoms with Gasteiger partial charge in [-0.1, -0.05) is 0 Å². The molecule has 1 amide bonds. The van der Waals surface area contributed by atoms with E-state index in [2.05, 4.69) is 5.32 Å². The molecule has 0 aromatic carbocycles. The number of hydrogen-bond donors (Lipinski definition) is 4. The van der Waals surface area contributed by atoms with E-state index in [0.29, 0.717) is 24.9 Å². The molecular formula is C17H29N3O3. The molecule has 23 heavy (non-hydrogen) atoms. The number of nitrogens with zero attached hydrogens (tertiary/aromatic N) is 1. The Bertz CT molecular complexity index is 481. The Labute approximate surface area is 137 Å². The summed E-state index contributed by atoms with van der Waals surface area (Å²) in [6.45, 7) is 0.973. The number of likely N-dealkylation sites (tertiary alicyclic amines) is 1. The predicted octanol–water partition coefficient (Wildman–Crippen LogP) is -0.0722. The van der Waals surface area contributed by atoms with Gasteiger partial charge >= 0.3 is 0 Å². The van der Waals surface area contributed by atoms with Gasteiger partial charge in [0.05, 0.1) is 18.2 Å². The lowest BCUT2D eigenvalue weighted by Gasteiger charge is -2.60. The van der Waals surface area contributed by atoms with Gasteiger partial charge in [0, 0.05) is 12.1 Å². The molecule has 0 spiro atoms. The third kappa shape index (κ3) is 2.80. The minimum Gasteiger partial charge on any atom is -0.390 e. The standard InChI is InChI=1S/C17H29N3O3/c18-15(22)13-2-1-3-20(13)14(21)9-19-16-5-11-4-12(6-16)8-17(23,7-11)10-16/h11-13,15,19,22-23H,1-10,18H2/t11-,12+,13-,15?,16?,17?/m0/s1. The monoisotopic (exact) mass is 323 g/mol. The molecule has 1 aliphatic heterocycles. The lowest BCUT2D eigenvalue weighted by molar-refractivity contribution is -0.147. The molecule has 3 unspecified atom stereocenters. The SMILES string of the molecule is NC(O)[C@@H]1CCCN1C(=O)CNC12C[C@@H]3C[C@@H](CC(O)(C3)C1)C2. The van der Waals surface area contributed by atoms with Crippen LogP contribution in [0.1, 0.15) is 51.4 Å². The van der Waals surface area contributed by atoms with Crippen molar-refractivity contribution in [3.63, 3.8) is 0 Å². The van der Waals surface area contributed by atoms with Gasteiger partial charge in [0.2, 0.25) is 5.91 Å². The maximum atomic E-state index is 12.6. The molecule has 4 aliphatic carbocycles. The average Bonchev–Trinajstić information content (AvgIpc) is 2.91. The van der Waals surface area contributed by atoms with Crippen molar-refractivity contribution in [2.45, 2.75) is 74.8 Å². The van der Waals surface area contributed by atoms with Crippen molar-refractivity contribution in [1.82, 2.24) is 10.2 Å². The molecule has 6 atom stereocenters. The molecule has 0 aromatic rings.